The summed E-state index contributed by atoms with van der Waals surface area (Å²) in [6.07, 6.45) is 5.56. The third kappa shape index (κ3) is 3.13. The van der Waals surface area contributed by atoms with Crippen molar-refractivity contribution in [2.75, 3.05) is 18.5 Å². The number of hydrogen-bond acceptors (Lipinski definition) is 7. The minimum absolute atomic E-state index is 0.0204. The first-order valence-electron chi connectivity index (χ1n) is 5.68. The van der Waals surface area contributed by atoms with Gasteiger partial charge in [-0.1, -0.05) is 6.42 Å². The Kier molecular flexibility index (Phi) is 4.07. The number of nitrogens with one attached hydrogen (secondary N) is 2. The van der Waals surface area contributed by atoms with Crippen molar-refractivity contribution in [1.29, 1.82) is 0 Å². The van der Waals surface area contributed by atoms with Crippen LogP contribution in [-0.4, -0.2) is 36.5 Å². The van der Waals surface area contributed by atoms with E-state index in [1.54, 1.807) is 5.01 Å². The van der Waals surface area contributed by atoms with Crippen LogP contribution in [0, 0.1) is 0 Å². The Hall–Kier alpha value is -1.29. The van der Waals surface area contributed by atoms with Crippen LogP contribution in [0.2, 0.25) is 0 Å². The molecule has 0 radical (unpaired) electrons. The molecule has 2 rings (SSSR count). The molecule has 100 valence electrons. The van der Waals surface area contributed by atoms with Gasteiger partial charge in [0.1, 0.15) is 4.90 Å². The highest BCUT2D eigenvalue weighted by Crippen LogP contribution is 2.11. The molecule has 2 heterocycles. The molecule has 0 saturated carbocycles. The average Bonchev–Trinajstić information content (AvgIpc) is 2.39. The number of nitrogen functional groups attached to an aromatic ring is 1. The Morgan fingerprint density at radius 3 is 2.33 bits per heavy atom. The van der Waals surface area contributed by atoms with Gasteiger partial charge in [-0.3, -0.25) is 5.43 Å². The second-order valence-corrected chi connectivity index (χ2v) is 5.69. The molecule has 0 aromatic carbocycles. The van der Waals surface area contributed by atoms with Crippen LogP contribution in [0.15, 0.2) is 17.3 Å². The maximum atomic E-state index is 12.0. The largest absolute Gasteiger partial charge is 0.292 e. The predicted octanol–water partition coefficient (Wildman–Crippen LogP) is -0.559. The number of anilines is 1. The van der Waals surface area contributed by atoms with E-state index in [-0.39, 0.29) is 10.8 Å². The first-order chi connectivity index (χ1) is 8.62. The maximum absolute atomic E-state index is 12.0. The van der Waals surface area contributed by atoms with Gasteiger partial charge in [0.2, 0.25) is 5.95 Å². The molecule has 1 aliphatic heterocycles. The van der Waals surface area contributed by atoms with E-state index in [4.69, 9.17) is 5.84 Å². The van der Waals surface area contributed by atoms with E-state index in [2.05, 4.69) is 20.2 Å². The van der Waals surface area contributed by atoms with E-state index in [0.29, 0.717) is 0 Å². The summed E-state index contributed by atoms with van der Waals surface area (Å²) in [5.41, 5.74) is 2.24. The van der Waals surface area contributed by atoms with E-state index >= 15 is 0 Å². The molecule has 1 aliphatic rings. The minimum Gasteiger partial charge on any atom is -0.292 e. The molecule has 0 atom stereocenters. The SMILES string of the molecule is NNc1ncc(S(=O)(=O)NN2CCCCC2)cn1. The van der Waals surface area contributed by atoms with Gasteiger partial charge < -0.3 is 0 Å². The van der Waals surface area contributed by atoms with Crippen LogP contribution in [0.3, 0.4) is 0 Å². The lowest BCUT2D eigenvalue weighted by Gasteiger charge is -2.26. The Morgan fingerprint density at radius 2 is 1.78 bits per heavy atom. The van der Waals surface area contributed by atoms with E-state index in [0.717, 1.165) is 32.4 Å². The summed E-state index contributed by atoms with van der Waals surface area (Å²) in [6, 6.07) is 0. The molecule has 1 fully saturated rings. The van der Waals surface area contributed by atoms with Crippen LogP contribution >= 0.6 is 0 Å². The molecule has 1 aromatic heterocycles. The fraction of sp³-hybridized carbons (Fsp3) is 0.556. The fourth-order valence-electron chi connectivity index (χ4n) is 1.74. The smallest absolute Gasteiger partial charge is 0.256 e. The molecule has 8 nitrogen and oxygen atoms in total. The van der Waals surface area contributed by atoms with Crippen LogP contribution < -0.4 is 16.1 Å². The summed E-state index contributed by atoms with van der Waals surface area (Å²) < 4.78 is 24.0. The third-order valence-corrected chi connectivity index (χ3v) is 4.00. The van der Waals surface area contributed by atoms with Gasteiger partial charge >= 0.3 is 0 Å². The van der Waals surface area contributed by atoms with Crippen molar-refractivity contribution in [3.05, 3.63) is 12.4 Å². The molecular formula is C9H16N6O2S. The average molecular weight is 272 g/mol. The standard InChI is InChI=1S/C9H16N6O2S/c10-13-9-11-6-8(7-12-9)18(16,17)14-15-4-2-1-3-5-15/h6-7,14H,1-5,10H2,(H,11,12,13). The highest BCUT2D eigenvalue weighted by atomic mass is 32.2. The van der Waals surface area contributed by atoms with Crippen molar-refractivity contribution in [2.45, 2.75) is 24.2 Å². The number of nitrogens with zero attached hydrogens (tertiary/aromatic N) is 3. The van der Waals surface area contributed by atoms with Crippen molar-refractivity contribution >= 4 is 16.0 Å². The van der Waals surface area contributed by atoms with E-state index in [9.17, 15) is 8.42 Å². The zero-order valence-electron chi connectivity index (χ0n) is 9.83. The first-order valence-corrected chi connectivity index (χ1v) is 7.16. The number of piperidine rings is 1. The Morgan fingerprint density at radius 1 is 1.17 bits per heavy atom. The van der Waals surface area contributed by atoms with Crippen molar-refractivity contribution in [1.82, 2.24) is 19.8 Å². The zero-order valence-corrected chi connectivity index (χ0v) is 10.7. The summed E-state index contributed by atoms with van der Waals surface area (Å²) >= 11 is 0. The molecule has 0 spiro atoms. The molecule has 4 N–H and O–H groups in total. The van der Waals surface area contributed by atoms with Gasteiger partial charge in [0.15, 0.2) is 0 Å². The summed E-state index contributed by atoms with van der Waals surface area (Å²) in [6.45, 7) is 1.45. The molecule has 0 amide bonds. The molecule has 18 heavy (non-hydrogen) atoms. The summed E-state index contributed by atoms with van der Waals surface area (Å²) in [7, 11) is -3.60. The van der Waals surface area contributed by atoms with E-state index < -0.39 is 10.0 Å². The quantitative estimate of drug-likeness (QED) is 0.497. The molecule has 9 heteroatoms. The predicted molar refractivity (Wildman–Crippen MR) is 65.6 cm³/mol. The van der Waals surface area contributed by atoms with Crippen LogP contribution in [0.1, 0.15) is 19.3 Å². The fourth-order valence-corrected chi connectivity index (χ4v) is 2.75. The van der Waals surface area contributed by atoms with Gasteiger partial charge in [-0.15, -0.1) is 4.83 Å². The normalized spacial score (nSPS) is 17.6. The van der Waals surface area contributed by atoms with E-state index in [1.807, 2.05) is 0 Å². The van der Waals surface area contributed by atoms with Gasteiger partial charge in [0.25, 0.3) is 10.0 Å². The van der Waals surface area contributed by atoms with E-state index in [1.165, 1.54) is 12.4 Å². The number of hydrogen-bond donors (Lipinski definition) is 3. The third-order valence-electron chi connectivity index (χ3n) is 2.67. The second kappa shape index (κ2) is 5.57. The van der Waals surface area contributed by atoms with Gasteiger partial charge in [0.05, 0.1) is 12.4 Å². The van der Waals surface area contributed by atoms with Crippen LogP contribution in [0.5, 0.6) is 0 Å². The molecule has 0 aliphatic carbocycles. The van der Waals surface area contributed by atoms with Gasteiger partial charge in [-0.05, 0) is 12.8 Å². The number of aromatic nitrogens is 2. The minimum atomic E-state index is -3.60. The second-order valence-electron chi connectivity index (χ2n) is 4.03. The molecule has 0 unspecified atom stereocenters. The number of nitrogens with two attached hydrogens (primary N) is 1. The summed E-state index contributed by atoms with van der Waals surface area (Å²) in [4.78, 5) is 10.1. The molecule has 1 aromatic rings. The molecular weight excluding hydrogens is 256 g/mol. The Bertz CT molecular complexity index is 482. The van der Waals surface area contributed by atoms with Crippen LogP contribution in [0.25, 0.3) is 0 Å². The van der Waals surface area contributed by atoms with Gasteiger partial charge in [-0.25, -0.2) is 29.2 Å². The van der Waals surface area contributed by atoms with Crippen LogP contribution in [-0.2, 0) is 10.0 Å². The number of sulfonamides is 1. The maximum Gasteiger partial charge on any atom is 0.256 e. The number of hydrazine groups is 2. The lowest BCUT2D eigenvalue weighted by atomic mass is 10.2. The lowest BCUT2D eigenvalue weighted by molar-refractivity contribution is 0.200. The van der Waals surface area contributed by atoms with Crippen molar-refractivity contribution < 1.29 is 8.42 Å². The zero-order chi connectivity index (χ0) is 13.0. The van der Waals surface area contributed by atoms with Crippen molar-refractivity contribution in [3.8, 4) is 0 Å². The van der Waals surface area contributed by atoms with Crippen molar-refractivity contribution in [2.24, 2.45) is 5.84 Å². The summed E-state index contributed by atoms with van der Waals surface area (Å²) in [5, 5.41) is 1.70. The van der Waals surface area contributed by atoms with Gasteiger partial charge in [0, 0.05) is 13.1 Å². The monoisotopic (exact) mass is 272 g/mol. The van der Waals surface area contributed by atoms with Crippen LogP contribution in [0.4, 0.5) is 5.95 Å². The highest BCUT2D eigenvalue weighted by molar-refractivity contribution is 7.89. The first kappa shape index (κ1) is 13.1. The lowest BCUT2D eigenvalue weighted by Crippen LogP contribution is -2.44. The number of rotatable bonds is 4. The molecule has 0 bridgehead atoms. The highest BCUT2D eigenvalue weighted by Gasteiger charge is 2.20. The van der Waals surface area contributed by atoms with Crippen molar-refractivity contribution in [3.63, 3.8) is 0 Å². The topological polar surface area (TPSA) is 113 Å². The Labute approximate surface area is 106 Å². The van der Waals surface area contributed by atoms with Gasteiger partial charge in [-0.2, -0.15) is 0 Å². The summed E-state index contributed by atoms with van der Waals surface area (Å²) in [5.74, 6) is 5.28. The Balaban J connectivity index is 2.08. The molecule has 1 saturated heterocycles.